The van der Waals surface area contributed by atoms with E-state index in [-0.39, 0.29) is 0 Å². The molecule has 1 nitrogen and oxygen atoms in total. The zero-order valence-electron chi connectivity index (χ0n) is 8.89. The monoisotopic (exact) mass is 181 g/mol. The van der Waals surface area contributed by atoms with Crippen LogP contribution in [0.4, 0.5) is 0 Å². The van der Waals surface area contributed by atoms with Gasteiger partial charge in [-0.15, -0.1) is 6.58 Å². The number of rotatable bonds is 5. The SMILES string of the molecule is C=CCCCNC1CCCCC1C. The molecule has 1 aliphatic carbocycles. The summed E-state index contributed by atoms with van der Waals surface area (Å²) in [5.74, 6) is 0.887. The Kier molecular flexibility index (Phi) is 5.14. The van der Waals surface area contributed by atoms with Crippen LogP contribution in [-0.4, -0.2) is 12.6 Å². The van der Waals surface area contributed by atoms with Crippen molar-refractivity contribution < 1.29 is 0 Å². The number of allylic oxidation sites excluding steroid dienone is 1. The van der Waals surface area contributed by atoms with Gasteiger partial charge in [-0.2, -0.15) is 0 Å². The van der Waals surface area contributed by atoms with E-state index in [2.05, 4.69) is 18.8 Å². The average Bonchev–Trinajstić information content (AvgIpc) is 2.15. The van der Waals surface area contributed by atoms with Crippen molar-refractivity contribution in [2.45, 2.75) is 51.5 Å². The lowest BCUT2D eigenvalue weighted by Crippen LogP contribution is -2.37. The summed E-state index contributed by atoms with van der Waals surface area (Å²) in [5, 5.41) is 3.66. The Morgan fingerprint density at radius 3 is 2.85 bits per heavy atom. The summed E-state index contributed by atoms with van der Waals surface area (Å²) in [6, 6.07) is 0.790. The summed E-state index contributed by atoms with van der Waals surface area (Å²) in [7, 11) is 0. The van der Waals surface area contributed by atoms with E-state index >= 15 is 0 Å². The normalized spacial score (nSPS) is 28.7. The van der Waals surface area contributed by atoms with Crippen molar-refractivity contribution in [3.63, 3.8) is 0 Å². The van der Waals surface area contributed by atoms with E-state index < -0.39 is 0 Å². The minimum absolute atomic E-state index is 0.790. The summed E-state index contributed by atoms with van der Waals surface area (Å²) in [4.78, 5) is 0. The van der Waals surface area contributed by atoms with Gasteiger partial charge in [-0.1, -0.05) is 25.8 Å². The van der Waals surface area contributed by atoms with Crippen LogP contribution in [-0.2, 0) is 0 Å². The zero-order chi connectivity index (χ0) is 9.52. The molecule has 0 saturated heterocycles. The largest absolute Gasteiger partial charge is 0.314 e. The fourth-order valence-electron chi connectivity index (χ4n) is 2.15. The standard InChI is InChI=1S/C12H23N/c1-3-4-7-10-13-12-9-6-5-8-11(12)2/h3,11-13H,1,4-10H2,2H3. The first-order valence-electron chi connectivity index (χ1n) is 5.69. The van der Waals surface area contributed by atoms with Gasteiger partial charge in [0.2, 0.25) is 0 Å². The van der Waals surface area contributed by atoms with Crippen LogP contribution in [0.2, 0.25) is 0 Å². The van der Waals surface area contributed by atoms with Gasteiger partial charge < -0.3 is 5.32 Å². The second-order valence-corrected chi connectivity index (χ2v) is 4.25. The lowest BCUT2D eigenvalue weighted by molar-refractivity contribution is 0.281. The summed E-state index contributed by atoms with van der Waals surface area (Å²) in [6.07, 6.45) is 10.1. The second-order valence-electron chi connectivity index (χ2n) is 4.25. The number of hydrogen-bond donors (Lipinski definition) is 1. The highest BCUT2D eigenvalue weighted by atomic mass is 14.9. The smallest absolute Gasteiger partial charge is 0.00926 e. The summed E-state index contributed by atoms with van der Waals surface area (Å²) < 4.78 is 0. The molecule has 0 spiro atoms. The Hall–Kier alpha value is -0.300. The van der Waals surface area contributed by atoms with Crippen LogP contribution in [0.15, 0.2) is 12.7 Å². The predicted molar refractivity (Wildman–Crippen MR) is 58.9 cm³/mol. The van der Waals surface area contributed by atoms with Crippen LogP contribution in [0, 0.1) is 5.92 Å². The molecule has 76 valence electrons. The zero-order valence-corrected chi connectivity index (χ0v) is 8.89. The van der Waals surface area contributed by atoms with Gasteiger partial charge in [-0.3, -0.25) is 0 Å². The van der Waals surface area contributed by atoms with Crippen LogP contribution >= 0.6 is 0 Å². The Morgan fingerprint density at radius 2 is 2.15 bits per heavy atom. The molecule has 2 unspecified atom stereocenters. The van der Waals surface area contributed by atoms with E-state index in [1.54, 1.807) is 0 Å². The van der Waals surface area contributed by atoms with Crippen molar-refractivity contribution in [2.75, 3.05) is 6.54 Å². The van der Waals surface area contributed by atoms with E-state index in [9.17, 15) is 0 Å². The molecule has 0 aromatic rings. The van der Waals surface area contributed by atoms with E-state index in [1.807, 2.05) is 6.08 Å². The third kappa shape index (κ3) is 3.95. The van der Waals surface area contributed by atoms with Gasteiger partial charge >= 0.3 is 0 Å². The first-order chi connectivity index (χ1) is 6.34. The number of hydrogen-bond acceptors (Lipinski definition) is 1. The lowest BCUT2D eigenvalue weighted by atomic mass is 9.86. The molecule has 1 saturated carbocycles. The van der Waals surface area contributed by atoms with Gasteiger partial charge in [-0.05, 0) is 38.1 Å². The maximum absolute atomic E-state index is 3.73. The first-order valence-corrected chi connectivity index (χ1v) is 5.69. The van der Waals surface area contributed by atoms with Crippen LogP contribution in [0.5, 0.6) is 0 Å². The molecular weight excluding hydrogens is 158 g/mol. The van der Waals surface area contributed by atoms with Gasteiger partial charge in [0, 0.05) is 6.04 Å². The van der Waals surface area contributed by atoms with Gasteiger partial charge in [0.25, 0.3) is 0 Å². The predicted octanol–water partition coefficient (Wildman–Crippen LogP) is 3.12. The van der Waals surface area contributed by atoms with Crippen LogP contribution in [0.1, 0.15) is 45.4 Å². The maximum atomic E-state index is 3.73. The molecule has 1 rings (SSSR count). The van der Waals surface area contributed by atoms with Gasteiger partial charge in [0.15, 0.2) is 0 Å². The molecule has 0 aliphatic heterocycles. The molecule has 2 atom stereocenters. The fraction of sp³-hybridized carbons (Fsp3) is 0.833. The molecule has 1 heteroatoms. The highest BCUT2D eigenvalue weighted by Crippen LogP contribution is 2.23. The van der Waals surface area contributed by atoms with Gasteiger partial charge in [0.05, 0.1) is 0 Å². The van der Waals surface area contributed by atoms with E-state index in [4.69, 9.17) is 0 Å². The van der Waals surface area contributed by atoms with Crippen LogP contribution in [0.25, 0.3) is 0 Å². The molecule has 1 fully saturated rings. The average molecular weight is 181 g/mol. The van der Waals surface area contributed by atoms with Crippen molar-refractivity contribution in [3.8, 4) is 0 Å². The van der Waals surface area contributed by atoms with Gasteiger partial charge in [-0.25, -0.2) is 0 Å². The third-order valence-electron chi connectivity index (χ3n) is 3.10. The molecule has 0 radical (unpaired) electrons. The van der Waals surface area contributed by atoms with Crippen LogP contribution in [0.3, 0.4) is 0 Å². The molecule has 0 amide bonds. The van der Waals surface area contributed by atoms with E-state index in [0.717, 1.165) is 18.4 Å². The summed E-state index contributed by atoms with van der Waals surface area (Å²) in [6.45, 7) is 7.28. The highest BCUT2D eigenvalue weighted by molar-refractivity contribution is 4.78. The molecule has 1 aliphatic rings. The summed E-state index contributed by atoms with van der Waals surface area (Å²) in [5.41, 5.74) is 0. The minimum Gasteiger partial charge on any atom is -0.314 e. The quantitative estimate of drug-likeness (QED) is 0.507. The molecule has 0 aromatic carbocycles. The van der Waals surface area contributed by atoms with Crippen molar-refractivity contribution in [3.05, 3.63) is 12.7 Å². The molecule has 0 heterocycles. The van der Waals surface area contributed by atoms with Crippen molar-refractivity contribution >= 4 is 0 Å². The second kappa shape index (κ2) is 6.20. The van der Waals surface area contributed by atoms with Crippen molar-refractivity contribution in [1.29, 1.82) is 0 Å². The fourth-order valence-corrected chi connectivity index (χ4v) is 2.15. The van der Waals surface area contributed by atoms with E-state index in [1.165, 1.54) is 38.6 Å². The number of nitrogens with one attached hydrogen (secondary N) is 1. The third-order valence-corrected chi connectivity index (χ3v) is 3.10. The Labute approximate surface area is 82.6 Å². The molecule has 0 aromatic heterocycles. The molecule has 0 bridgehead atoms. The van der Waals surface area contributed by atoms with Crippen LogP contribution < -0.4 is 5.32 Å². The molecule has 1 N–H and O–H groups in total. The highest BCUT2D eigenvalue weighted by Gasteiger charge is 2.19. The van der Waals surface area contributed by atoms with Crippen molar-refractivity contribution in [1.82, 2.24) is 5.32 Å². The lowest BCUT2D eigenvalue weighted by Gasteiger charge is -2.29. The van der Waals surface area contributed by atoms with Crippen molar-refractivity contribution in [2.24, 2.45) is 5.92 Å². The number of unbranched alkanes of at least 4 members (excludes halogenated alkanes) is 1. The molecular formula is C12H23N. The van der Waals surface area contributed by atoms with E-state index in [0.29, 0.717) is 0 Å². The van der Waals surface area contributed by atoms with Gasteiger partial charge in [0.1, 0.15) is 0 Å². The first kappa shape index (κ1) is 10.8. The maximum Gasteiger partial charge on any atom is 0.00926 e. The summed E-state index contributed by atoms with van der Waals surface area (Å²) >= 11 is 0. The topological polar surface area (TPSA) is 12.0 Å². The Bertz CT molecular complexity index is 142. The molecule has 13 heavy (non-hydrogen) atoms. The Balaban J connectivity index is 2.08. The Morgan fingerprint density at radius 1 is 1.38 bits per heavy atom. The minimum atomic E-state index is 0.790.